The van der Waals surface area contributed by atoms with Crippen molar-refractivity contribution in [3.63, 3.8) is 0 Å². The zero-order valence-corrected chi connectivity index (χ0v) is 18.7. The van der Waals surface area contributed by atoms with Gasteiger partial charge in [0.05, 0.1) is 12.1 Å². The first-order valence-electron chi connectivity index (χ1n) is 9.43. The smallest absolute Gasteiger partial charge is 0.328 e. The van der Waals surface area contributed by atoms with Crippen LogP contribution in [-0.4, -0.2) is 75.7 Å². The van der Waals surface area contributed by atoms with Crippen LogP contribution in [0.2, 0.25) is 0 Å². The van der Waals surface area contributed by atoms with Gasteiger partial charge in [0, 0.05) is 11.5 Å². The number of rotatable bonds is 12. The fourth-order valence-electron chi connectivity index (χ4n) is 2.54. The lowest BCUT2D eigenvalue weighted by Gasteiger charge is -2.24. The first kappa shape index (κ1) is 26.8. The molecule has 3 amide bonds. The van der Waals surface area contributed by atoms with Crippen molar-refractivity contribution in [2.45, 2.75) is 43.6 Å². The van der Waals surface area contributed by atoms with E-state index in [1.807, 2.05) is 30.3 Å². The van der Waals surface area contributed by atoms with Crippen LogP contribution in [0, 0.1) is 0 Å². The number of carbonyl (C=O) groups excluding carboxylic acids is 3. The summed E-state index contributed by atoms with van der Waals surface area (Å²) in [5, 5.41) is 25.6. The fraction of sp³-hybridized carbons (Fsp3) is 0.474. The Morgan fingerprint density at radius 2 is 1.42 bits per heavy atom. The Morgan fingerprint density at radius 3 is 1.87 bits per heavy atom. The van der Waals surface area contributed by atoms with Crippen molar-refractivity contribution in [2.24, 2.45) is 5.73 Å². The van der Waals surface area contributed by atoms with Crippen molar-refractivity contribution in [2.75, 3.05) is 11.5 Å². The highest BCUT2D eigenvalue weighted by Gasteiger charge is 2.31. The maximum atomic E-state index is 12.5. The van der Waals surface area contributed by atoms with Crippen LogP contribution < -0.4 is 21.7 Å². The molecular weight excluding hydrogens is 444 g/mol. The summed E-state index contributed by atoms with van der Waals surface area (Å²) in [6.45, 7) is 1.21. The van der Waals surface area contributed by atoms with Crippen LogP contribution in [-0.2, 0) is 25.6 Å². The summed E-state index contributed by atoms with van der Waals surface area (Å²) in [5.41, 5.74) is 6.77. The van der Waals surface area contributed by atoms with Gasteiger partial charge in [-0.05, 0) is 18.9 Å². The van der Waals surface area contributed by atoms with Gasteiger partial charge in [-0.25, -0.2) is 4.79 Å². The second-order valence-electron chi connectivity index (χ2n) is 6.85. The molecule has 1 aromatic rings. The molecule has 0 aliphatic carbocycles. The SMILES string of the molecule is CC(O)C(NC(=O)C(CS)NC(=O)C(CS)NC(=O)C(N)Cc1ccccc1)C(=O)O. The van der Waals surface area contributed by atoms with Gasteiger partial charge in [0.2, 0.25) is 17.7 Å². The van der Waals surface area contributed by atoms with E-state index in [0.717, 1.165) is 5.56 Å². The number of nitrogens with one attached hydrogen (secondary N) is 3. The average Bonchev–Trinajstić information content (AvgIpc) is 2.73. The van der Waals surface area contributed by atoms with Crippen LogP contribution in [0.3, 0.4) is 0 Å². The van der Waals surface area contributed by atoms with E-state index in [2.05, 4.69) is 41.2 Å². The molecule has 31 heavy (non-hydrogen) atoms. The minimum atomic E-state index is -1.55. The summed E-state index contributed by atoms with van der Waals surface area (Å²) >= 11 is 8.06. The van der Waals surface area contributed by atoms with Gasteiger partial charge in [0.1, 0.15) is 12.1 Å². The molecule has 0 aliphatic heterocycles. The number of hydrogen-bond acceptors (Lipinski definition) is 8. The molecule has 12 heteroatoms. The number of hydrogen-bond donors (Lipinski definition) is 8. The van der Waals surface area contributed by atoms with Crippen molar-refractivity contribution < 1.29 is 29.4 Å². The number of carboxylic acids is 1. The summed E-state index contributed by atoms with van der Waals surface area (Å²) in [7, 11) is 0. The maximum absolute atomic E-state index is 12.5. The van der Waals surface area contributed by atoms with E-state index in [4.69, 9.17) is 10.8 Å². The monoisotopic (exact) mass is 472 g/mol. The zero-order chi connectivity index (χ0) is 23.6. The number of aliphatic hydroxyl groups excluding tert-OH is 1. The Morgan fingerprint density at radius 1 is 0.935 bits per heavy atom. The van der Waals surface area contributed by atoms with Crippen LogP contribution in [0.25, 0.3) is 0 Å². The normalized spacial score (nSPS) is 15.6. The number of benzene rings is 1. The summed E-state index contributed by atoms with van der Waals surface area (Å²) in [5.74, 6) is -3.77. The summed E-state index contributed by atoms with van der Waals surface area (Å²) in [4.78, 5) is 48.3. The van der Waals surface area contributed by atoms with Crippen molar-refractivity contribution in [1.29, 1.82) is 0 Å². The number of carbonyl (C=O) groups is 4. The van der Waals surface area contributed by atoms with Gasteiger partial charge >= 0.3 is 5.97 Å². The molecule has 0 spiro atoms. The Bertz CT molecular complexity index is 765. The predicted octanol–water partition coefficient (Wildman–Crippen LogP) is -1.66. The topological polar surface area (TPSA) is 171 Å². The van der Waals surface area contributed by atoms with Gasteiger partial charge in [0.25, 0.3) is 0 Å². The number of aliphatic hydroxyl groups is 1. The molecule has 0 saturated heterocycles. The highest BCUT2D eigenvalue weighted by molar-refractivity contribution is 7.80. The third kappa shape index (κ3) is 8.77. The van der Waals surface area contributed by atoms with Gasteiger partial charge in [-0.15, -0.1) is 0 Å². The number of aliphatic carboxylic acids is 1. The molecule has 0 heterocycles. The van der Waals surface area contributed by atoms with E-state index in [-0.39, 0.29) is 17.9 Å². The lowest BCUT2D eigenvalue weighted by molar-refractivity contribution is -0.145. The van der Waals surface area contributed by atoms with Gasteiger partial charge in [-0.1, -0.05) is 30.3 Å². The van der Waals surface area contributed by atoms with Crippen LogP contribution in [0.5, 0.6) is 0 Å². The predicted molar refractivity (Wildman–Crippen MR) is 121 cm³/mol. The average molecular weight is 473 g/mol. The molecule has 0 radical (unpaired) electrons. The Labute approximate surface area is 191 Å². The molecule has 7 N–H and O–H groups in total. The molecule has 1 rings (SSSR count). The largest absolute Gasteiger partial charge is 0.480 e. The Kier molecular flexibility index (Phi) is 11.4. The first-order chi connectivity index (χ1) is 14.6. The molecule has 0 bridgehead atoms. The van der Waals surface area contributed by atoms with Crippen molar-refractivity contribution in [3.05, 3.63) is 35.9 Å². The second kappa shape index (κ2) is 13.2. The molecule has 10 nitrogen and oxygen atoms in total. The third-order valence-electron chi connectivity index (χ3n) is 4.31. The van der Waals surface area contributed by atoms with Crippen LogP contribution in [0.15, 0.2) is 30.3 Å². The van der Waals surface area contributed by atoms with Gasteiger partial charge < -0.3 is 31.9 Å². The standard InChI is InChI=1S/C19H28N4O6S2/c1-10(24)15(19(28)29)23-18(27)14(9-31)22-17(26)13(8-30)21-16(25)12(20)7-11-5-3-2-4-6-11/h2-6,10,12-15,24,30-31H,7-9,20H2,1H3,(H,21,25)(H,22,26)(H,23,27)(H,28,29). The van der Waals surface area contributed by atoms with Crippen LogP contribution in [0.1, 0.15) is 12.5 Å². The lowest BCUT2D eigenvalue weighted by atomic mass is 10.1. The highest BCUT2D eigenvalue weighted by Crippen LogP contribution is 2.03. The number of thiol groups is 2. The van der Waals surface area contributed by atoms with E-state index >= 15 is 0 Å². The molecular formula is C19H28N4O6S2. The fourth-order valence-corrected chi connectivity index (χ4v) is 3.06. The molecule has 0 aliphatic rings. The van der Waals surface area contributed by atoms with Crippen LogP contribution >= 0.6 is 25.3 Å². The molecule has 1 aromatic carbocycles. The zero-order valence-electron chi connectivity index (χ0n) is 16.9. The minimum Gasteiger partial charge on any atom is -0.480 e. The Hall–Kier alpha value is -2.28. The summed E-state index contributed by atoms with van der Waals surface area (Å²) in [6.07, 6.45) is -1.08. The summed E-state index contributed by atoms with van der Waals surface area (Å²) < 4.78 is 0. The van der Waals surface area contributed by atoms with Crippen molar-refractivity contribution in [3.8, 4) is 0 Å². The van der Waals surface area contributed by atoms with E-state index in [1.165, 1.54) is 6.92 Å². The lowest BCUT2D eigenvalue weighted by Crippen LogP contribution is -2.59. The van der Waals surface area contributed by atoms with Crippen LogP contribution in [0.4, 0.5) is 0 Å². The van der Waals surface area contributed by atoms with Crippen molar-refractivity contribution >= 4 is 48.9 Å². The quantitative estimate of drug-likeness (QED) is 0.168. The molecule has 172 valence electrons. The molecule has 0 fully saturated rings. The number of nitrogens with two attached hydrogens (primary N) is 1. The van der Waals surface area contributed by atoms with E-state index in [0.29, 0.717) is 0 Å². The highest BCUT2D eigenvalue weighted by atomic mass is 32.1. The number of amides is 3. The molecule has 5 unspecified atom stereocenters. The molecule has 0 saturated carbocycles. The minimum absolute atomic E-state index is 0.0675. The second-order valence-corrected chi connectivity index (χ2v) is 7.58. The van der Waals surface area contributed by atoms with Gasteiger partial charge in [-0.2, -0.15) is 25.3 Å². The molecule has 5 atom stereocenters. The first-order valence-corrected chi connectivity index (χ1v) is 10.7. The molecule has 0 aromatic heterocycles. The summed E-state index contributed by atoms with van der Waals surface area (Å²) in [6, 6.07) is 4.38. The Balaban J connectivity index is 2.71. The van der Waals surface area contributed by atoms with Gasteiger partial charge in [-0.3, -0.25) is 14.4 Å². The van der Waals surface area contributed by atoms with Crippen molar-refractivity contribution in [1.82, 2.24) is 16.0 Å². The van der Waals surface area contributed by atoms with E-state index in [1.54, 1.807) is 0 Å². The van der Waals surface area contributed by atoms with Gasteiger partial charge in [0.15, 0.2) is 6.04 Å². The van der Waals surface area contributed by atoms with E-state index in [9.17, 15) is 24.3 Å². The third-order valence-corrected chi connectivity index (χ3v) is 5.04. The number of carboxylic acid groups (broad SMARTS) is 1. The maximum Gasteiger partial charge on any atom is 0.328 e. The van der Waals surface area contributed by atoms with E-state index < -0.39 is 54.0 Å².